The Balaban J connectivity index is 0.00000220. The molecule has 1 heterocycles. The molecule has 21 heavy (non-hydrogen) atoms. The van der Waals surface area contributed by atoms with Gasteiger partial charge in [0.15, 0.2) is 0 Å². The second-order valence-electron chi connectivity index (χ2n) is 4.62. The summed E-state index contributed by atoms with van der Waals surface area (Å²) >= 11 is 0. The van der Waals surface area contributed by atoms with Crippen LogP contribution in [0.1, 0.15) is 19.3 Å². The normalized spacial score (nSPS) is 13.8. The second kappa shape index (κ2) is 7.85. The molecular formula is C14H20ClN3O3. The van der Waals surface area contributed by atoms with Crippen molar-refractivity contribution in [2.45, 2.75) is 19.3 Å². The molecule has 7 heteroatoms. The van der Waals surface area contributed by atoms with Gasteiger partial charge in [0, 0.05) is 31.6 Å². The number of ether oxygens (including phenoxy) is 1. The molecule has 0 aliphatic carbocycles. The van der Waals surface area contributed by atoms with Gasteiger partial charge in [-0.05, 0) is 24.6 Å². The molecule has 116 valence electrons. The smallest absolute Gasteiger partial charge is 0.227 e. The van der Waals surface area contributed by atoms with Crippen molar-refractivity contribution in [2.24, 2.45) is 5.73 Å². The Kier molecular flexibility index (Phi) is 6.45. The van der Waals surface area contributed by atoms with Gasteiger partial charge in [0.2, 0.25) is 11.8 Å². The number of carbonyl (C=O) groups excluding carboxylic acids is 2. The van der Waals surface area contributed by atoms with Gasteiger partial charge in [-0.2, -0.15) is 0 Å². The Morgan fingerprint density at radius 3 is 2.81 bits per heavy atom. The van der Waals surface area contributed by atoms with E-state index in [4.69, 9.17) is 10.5 Å². The number of benzene rings is 1. The van der Waals surface area contributed by atoms with E-state index in [1.54, 1.807) is 30.2 Å². The van der Waals surface area contributed by atoms with Crippen molar-refractivity contribution in [3.05, 3.63) is 18.2 Å². The van der Waals surface area contributed by atoms with Gasteiger partial charge in [0.1, 0.15) is 5.75 Å². The first-order chi connectivity index (χ1) is 9.65. The molecule has 0 bridgehead atoms. The summed E-state index contributed by atoms with van der Waals surface area (Å²) in [7, 11) is 1.56. The summed E-state index contributed by atoms with van der Waals surface area (Å²) in [5.41, 5.74) is 6.68. The number of methoxy groups -OCH3 is 1. The number of nitrogens with two attached hydrogens (primary N) is 1. The Hall–Kier alpha value is -1.79. The third kappa shape index (κ3) is 4.09. The van der Waals surface area contributed by atoms with E-state index >= 15 is 0 Å². The maximum Gasteiger partial charge on any atom is 0.227 e. The van der Waals surface area contributed by atoms with E-state index in [9.17, 15) is 9.59 Å². The SMILES string of the molecule is COc1ccc(NC(=O)CCN)cc1N1CCCC1=O.Cl. The molecule has 0 aromatic heterocycles. The number of hydrogen-bond acceptors (Lipinski definition) is 4. The van der Waals surface area contributed by atoms with Crippen molar-refractivity contribution in [2.75, 3.05) is 30.4 Å². The fourth-order valence-electron chi connectivity index (χ4n) is 2.24. The molecule has 0 spiro atoms. The molecule has 0 saturated carbocycles. The molecular weight excluding hydrogens is 294 g/mol. The monoisotopic (exact) mass is 313 g/mol. The molecule has 0 radical (unpaired) electrons. The zero-order chi connectivity index (χ0) is 14.5. The lowest BCUT2D eigenvalue weighted by atomic mass is 10.2. The molecule has 1 aromatic rings. The first-order valence-corrected chi connectivity index (χ1v) is 6.64. The number of amides is 2. The zero-order valence-electron chi connectivity index (χ0n) is 11.9. The number of carbonyl (C=O) groups is 2. The fourth-order valence-corrected chi connectivity index (χ4v) is 2.24. The standard InChI is InChI=1S/C14H19N3O3.ClH/c1-20-12-5-4-10(16-13(18)6-7-15)9-11(12)17-8-2-3-14(17)19;/h4-5,9H,2-3,6-8,15H2,1H3,(H,16,18);1H. The predicted octanol–water partition coefficient (Wildman–Crippen LogP) is 1.53. The Bertz CT molecular complexity index is 522. The average molecular weight is 314 g/mol. The second-order valence-corrected chi connectivity index (χ2v) is 4.62. The molecule has 3 N–H and O–H groups in total. The van der Waals surface area contributed by atoms with Crippen LogP contribution in [0.4, 0.5) is 11.4 Å². The molecule has 6 nitrogen and oxygen atoms in total. The van der Waals surface area contributed by atoms with Crippen LogP contribution in [-0.2, 0) is 9.59 Å². The van der Waals surface area contributed by atoms with Gasteiger partial charge in [0.05, 0.1) is 12.8 Å². The van der Waals surface area contributed by atoms with Crippen LogP contribution < -0.4 is 20.7 Å². The summed E-state index contributed by atoms with van der Waals surface area (Å²) in [6.07, 6.45) is 1.66. The minimum atomic E-state index is -0.142. The van der Waals surface area contributed by atoms with Gasteiger partial charge < -0.3 is 20.7 Å². The molecule has 2 rings (SSSR count). The van der Waals surface area contributed by atoms with Gasteiger partial charge >= 0.3 is 0 Å². The molecule has 1 fully saturated rings. The Labute approximate surface area is 130 Å². The van der Waals surface area contributed by atoms with Crippen LogP contribution in [0.25, 0.3) is 0 Å². The van der Waals surface area contributed by atoms with Crippen LogP contribution in [0.15, 0.2) is 18.2 Å². The molecule has 0 unspecified atom stereocenters. The van der Waals surface area contributed by atoms with Crippen molar-refractivity contribution < 1.29 is 14.3 Å². The number of halogens is 1. The average Bonchev–Trinajstić information content (AvgIpc) is 2.85. The van der Waals surface area contributed by atoms with Crippen LogP contribution in [0.5, 0.6) is 5.75 Å². The molecule has 2 amide bonds. The highest BCUT2D eigenvalue weighted by Gasteiger charge is 2.24. The van der Waals surface area contributed by atoms with Crippen molar-refractivity contribution >= 4 is 35.6 Å². The largest absolute Gasteiger partial charge is 0.495 e. The molecule has 1 aliphatic heterocycles. The number of nitrogens with zero attached hydrogens (tertiary/aromatic N) is 1. The lowest BCUT2D eigenvalue weighted by Gasteiger charge is -2.20. The van der Waals surface area contributed by atoms with E-state index in [0.29, 0.717) is 36.6 Å². The number of anilines is 2. The van der Waals surface area contributed by atoms with Gasteiger partial charge in [0.25, 0.3) is 0 Å². The summed E-state index contributed by atoms with van der Waals surface area (Å²) < 4.78 is 5.29. The maximum absolute atomic E-state index is 11.8. The highest BCUT2D eigenvalue weighted by Crippen LogP contribution is 2.33. The summed E-state index contributed by atoms with van der Waals surface area (Å²) in [5.74, 6) is 0.558. The summed E-state index contributed by atoms with van der Waals surface area (Å²) in [6, 6.07) is 5.26. The van der Waals surface area contributed by atoms with Crippen LogP contribution in [0.2, 0.25) is 0 Å². The topological polar surface area (TPSA) is 84.7 Å². The highest BCUT2D eigenvalue weighted by atomic mass is 35.5. The molecule has 1 aromatic carbocycles. The molecule has 1 aliphatic rings. The van der Waals surface area contributed by atoms with E-state index in [0.717, 1.165) is 6.42 Å². The van der Waals surface area contributed by atoms with Crippen LogP contribution in [0.3, 0.4) is 0 Å². The predicted molar refractivity (Wildman–Crippen MR) is 84.1 cm³/mol. The van der Waals surface area contributed by atoms with E-state index in [1.165, 1.54) is 0 Å². The number of hydrogen-bond donors (Lipinski definition) is 2. The van der Waals surface area contributed by atoms with E-state index < -0.39 is 0 Å². The maximum atomic E-state index is 11.8. The van der Waals surface area contributed by atoms with E-state index in [1.807, 2.05) is 0 Å². The van der Waals surface area contributed by atoms with Gasteiger partial charge in [-0.1, -0.05) is 0 Å². The highest BCUT2D eigenvalue weighted by molar-refractivity contribution is 5.98. The van der Waals surface area contributed by atoms with Crippen molar-refractivity contribution in [3.63, 3.8) is 0 Å². The van der Waals surface area contributed by atoms with Crippen LogP contribution >= 0.6 is 12.4 Å². The quantitative estimate of drug-likeness (QED) is 0.863. The lowest BCUT2D eigenvalue weighted by Crippen LogP contribution is -2.24. The van der Waals surface area contributed by atoms with Crippen LogP contribution in [0, 0.1) is 0 Å². The Morgan fingerprint density at radius 1 is 1.48 bits per heavy atom. The zero-order valence-corrected chi connectivity index (χ0v) is 12.7. The third-order valence-corrected chi connectivity index (χ3v) is 3.20. The van der Waals surface area contributed by atoms with Crippen molar-refractivity contribution in [1.29, 1.82) is 0 Å². The number of nitrogens with one attached hydrogen (secondary N) is 1. The first kappa shape index (κ1) is 17.3. The minimum absolute atomic E-state index is 0. The van der Waals surface area contributed by atoms with Crippen molar-refractivity contribution in [1.82, 2.24) is 0 Å². The third-order valence-electron chi connectivity index (χ3n) is 3.20. The van der Waals surface area contributed by atoms with Gasteiger partial charge in [-0.15, -0.1) is 12.4 Å². The first-order valence-electron chi connectivity index (χ1n) is 6.64. The van der Waals surface area contributed by atoms with E-state index in [2.05, 4.69) is 5.32 Å². The summed E-state index contributed by atoms with van der Waals surface area (Å²) in [4.78, 5) is 25.1. The summed E-state index contributed by atoms with van der Waals surface area (Å²) in [5, 5.41) is 2.76. The number of rotatable bonds is 5. The van der Waals surface area contributed by atoms with Gasteiger partial charge in [-0.3, -0.25) is 9.59 Å². The van der Waals surface area contributed by atoms with Crippen molar-refractivity contribution in [3.8, 4) is 5.75 Å². The molecule has 1 saturated heterocycles. The van der Waals surface area contributed by atoms with Gasteiger partial charge in [-0.25, -0.2) is 0 Å². The molecule has 0 atom stereocenters. The Morgan fingerprint density at radius 2 is 2.24 bits per heavy atom. The lowest BCUT2D eigenvalue weighted by molar-refractivity contribution is -0.117. The summed E-state index contributed by atoms with van der Waals surface area (Å²) in [6.45, 7) is 0.981. The fraction of sp³-hybridized carbons (Fsp3) is 0.429. The van der Waals surface area contributed by atoms with E-state index in [-0.39, 0.29) is 30.6 Å². The minimum Gasteiger partial charge on any atom is -0.495 e. The van der Waals surface area contributed by atoms with Crippen LogP contribution in [-0.4, -0.2) is 32.0 Å².